The molecule has 178 valence electrons. The molecule has 0 unspecified atom stereocenters. The summed E-state index contributed by atoms with van der Waals surface area (Å²) in [6, 6.07) is 8.13. The first-order valence-corrected chi connectivity index (χ1v) is 12.6. The van der Waals surface area contributed by atoms with Crippen molar-refractivity contribution in [1.82, 2.24) is 9.97 Å². The third-order valence-electron chi connectivity index (χ3n) is 6.17. The topological polar surface area (TPSA) is 103 Å². The molecule has 2 fully saturated rings. The summed E-state index contributed by atoms with van der Waals surface area (Å²) in [5.41, 5.74) is 8.82. The number of allylic oxidation sites excluding steroid dienone is 2. The largest absolute Gasteiger partial charge is 0.452 e. The van der Waals surface area contributed by atoms with E-state index in [0.717, 1.165) is 57.8 Å². The van der Waals surface area contributed by atoms with Crippen molar-refractivity contribution in [2.45, 2.75) is 51.2 Å². The van der Waals surface area contributed by atoms with Crippen LogP contribution >= 0.6 is 11.3 Å². The summed E-state index contributed by atoms with van der Waals surface area (Å²) in [7, 11) is 0. The maximum Gasteiger partial charge on any atom is 0.164 e. The van der Waals surface area contributed by atoms with Gasteiger partial charge in [0.05, 0.1) is 33.9 Å². The molecule has 1 saturated heterocycles. The second-order valence-corrected chi connectivity index (χ2v) is 10.5. The molecule has 8 heteroatoms. The normalized spacial score (nSPS) is 18.4. The minimum absolute atomic E-state index is 0.228. The third kappa shape index (κ3) is 5.14. The summed E-state index contributed by atoms with van der Waals surface area (Å²) in [6.07, 6.45) is 9.36. The smallest absolute Gasteiger partial charge is 0.164 e. The predicted octanol–water partition coefficient (Wildman–Crippen LogP) is 4.79. The molecular weight excluding hydrogens is 448 g/mol. The second kappa shape index (κ2) is 9.44. The molecule has 3 aromatic heterocycles. The second-order valence-electron chi connectivity index (χ2n) is 9.44. The zero-order chi connectivity index (χ0) is 23.7. The third-order valence-corrected chi connectivity index (χ3v) is 7.35. The Morgan fingerprint density at radius 3 is 2.68 bits per heavy atom. The van der Waals surface area contributed by atoms with E-state index in [1.54, 1.807) is 37.6 Å². The average molecular weight is 479 g/mol. The van der Waals surface area contributed by atoms with Crippen LogP contribution in [0.15, 0.2) is 53.1 Å². The van der Waals surface area contributed by atoms with Crippen LogP contribution in [0.1, 0.15) is 45.2 Å². The number of thiophene rings is 1. The molecule has 3 aromatic rings. The fourth-order valence-electron chi connectivity index (χ4n) is 3.92. The first kappa shape index (κ1) is 23.0. The van der Waals surface area contributed by atoms with Crippen LogP contribution in [0.3, 0.4) is 0 Å². The van der Waals surface area contributed by atoms with Crippen molar-refractivity contribution in [3.8, 4) is 16.2 Å². The summed E-state index contributed by atoms with van der Waals surface area (Å²) in [5, 5.41) is 10.2. The maximum atomic E-state index is 10.2. The molecular formula is C26H30N4O3S. The lowest BCUT2D eigenvalue weighted by molar-refractivity contribution is 0.0738. The molecule has 1 aliphatic carbocycles. The molecule has 0 atom stereocenters. The lowest BCUT2D eigenvalue weighted by atomic mass is 9.96. The van der Waals surface area contributed by atoms with E-state index >= 15 is 0 Å². The van der Waals surface area contributed by atoms with Crippen molar-refractivity contribution in [2.75, 3.05) is 13.2 Å². The maximum absolute atomic E-state index is 10.2. The molecule has 34 heavy (non-hydrogen) atoms. The van der Waals surface area contributed by atoms with Gasteiger partial charge >= 0.3 is 0 Å². The molecule has 2 aliphatic rings. The van der Waals surface area contributed by atoms with Crippen molar-refractivity contribution in [3.63, 3.8) is 0 Å². The van der Waals surface area contributed by atoms with Gasteiger partial charge in [0.25, 0.3) is 0 Å². The van der Waals surface area contributed by atoms with E-state index in [4.69, 9.17) is 15.2 Å². The van der Waals surface area contributed by atoms with Crippen LogP contribution in [0.2, 0.25) is 0 Å². The van der Waals surface area contributed by atoms with Gasteiger partial charge < -0.3 is 20.3 Å². The van der Waals surface area contributed by atoms with E-state index < -0.39 is 5.60 Å². The lowest BCUT2D eigenvalue weighted by Gasteiger charge is -2.23. The van der Waals surface area contributed by atoms with Gasteiger partial charge in [0, 0.05) is 48.0 Å². The molecule has 4 heterocycles. The number of aromatic nitrogens is 2. The minimum atomic E-state index is -0.976. The Bertz CT molecular complexity index is 1220. The van der Waals surface area contributed by atoms with Gasteiger partial charge in [0.2, 0.25) is 0 Å². The van der Waals surface area contributed by atoms with Crippen molar-refractivity contribution in [3.05, 3.63) is 53.8 Å². The van der Waals surface area contributed by atoms with E-state index in [-0.39, 0.29) is 5.92 Å². The van der Waals surface area contributed by atoms with Gasteiger partial charge in [-0.3, -0.25) is 15.0 Å². The van der Waals surface area contributed by atoms with Gasteiger partial charge in [-0.2, -0.15) is 0 Å². The van der Waals surface area contributed by atoms with Crippen molar-refractivity contribution >= 4 is 27.8 Å². The van der Waals surface area contributed by atoms with Gasteiger partial charge in [-0.15, -0.1) is 11.3 Å². The lowest BCUT2D eigenvalue weighted by Crippen LogP contribution is -2.24. The van der Waals surface area contributed by atoms with Gasteiger partial charge in [-0.05, 0) is 51.7 Å². The summed E-state index contributed by atoms with van der Waals surface area (Å²) in [6.45, 7) is 4.89. The Morgan fingerprint density at radius 2 is 2.00 bits per heavy atom. The van der Waals surface area contributed by atoms with Crippen LogP contribution in [0, 0.1) is 5.92 Å². The number of pyridine rings is 2. The molecule has 1 saturated carbocycles. The quantitative estimate of drug-likeness (QED) is 0.374. The highest BCUT2D eigenvalue weighted by molar-refractivity contribution is 7.22. The van der Waals surface area contributed by atoms with Crippen LogP contribution in [-0.4, -0.2) is 40.5 Å². The Balaban J connectivity index is 1.47. The summed E-state index contributed by atoms with van der Waals surface area (Å²) < 4.78 is 12.9. The Labute approximate surface area is 203 Å². The van der Waals surface area contributed by atoms with Crippen molar-refractivity contribution < 1.29 is 14.6 Å². The first-order valence-electron chi connectivity index (χ1n) is 11.7. The number of aliphatic hydroxyl groups is 1. The van der Waals surface area contributed by atoms with Crippen molar-refractivity contribution in [2.24, 2.45) is 16.6 Å². The summed E-state index contributed by atoms with van der Waals surface area (Å²) in [4.78, 5) is 14.7. The first-order chi connectivity index (χ1) is 16.4. The number of fused-ring (bicyclic) bond motifs is 1. The number of aliphatic imine (C=N–C) groups is 1. The zero-order valence-corrected chi connectivity index (χ0v) is 20.3. The Morgan fingerprint density at radius 1 is 1.21 bits per heavy atom. The van der Waals surface area contributed by atoms with E-state index in [0.29, 0.717) is 30.7 Å². The van der Waals surface area contributed by atoms with E-state index in [9.17, 15) is 5.11 Å². The molecule has 0 bridgehead atoms. The van der Waals surface area contributed by atoms with E-state index in [1.807, 2.05) is 30.5 Å². The SMILES string of the molecule is CC(C)(O)c1ccc(-c2cc3nccc(OC(C=NC4CC4)=C(N)C4CCOCC4)c3s2)cn1. The predicted molar refractivity (Wildman–Crippen MR) is 135 cm³/mol. The Kier molecular flexibility index (Phi) is 6.38. The molecule has 0 aromatic carbocycles. The average Bonchev–Trinajstić information content (AvgIpc) is 3.57. The van der Waals surface area contributed by atoms with Gasteiger partial charge in [-0.25, -0.2) is 0 Å². The summed E-state index contributed by atoms with van der Waals surface area (Å²) >= 11 is 1.60. The summed E-state index contributed by atoms with van der Waals surface area (Å²) in [5.74, 6) is 1.57. The van der Waals surface area contributed by atoms with Gasteiger partial charge in [-0.1, -0.05) is 6.07 Å². The number of hydrogen-bond acceptors (Lipinski definition) is 8. The van der Waals surface area contributed by atoms with Crippen LogP contribution in [-0.2, 0) is 10.3 Å². The van der Waals surface area contributed by atoms with E-state index in [2.05, 4.69) is 15.0 Å². The number of rotatable bonds is 7. The molecule has 1 aliphatic heterocycles. The fourth-order valence-corrected chi connectivity index (χ4v) is 4.98. The molecule has 3 N–H and O–H groups in total. The van der Waals surface area contributed by atoms with Crippen LogP contribution < -0.4 is 10.5 Å². The number of nitrogens with two attached hydrogens (primary N) is 1. The number of hydrogen-bond donors (Lipinski definition) is 2. The van der Waals surface area contributed by atoms with Gasteiger partial charge in [0.1, 0.15) is 11.4 Å². The van der Waals surface area contributed by atoms with Gasteiger partial charge in [0.15, 0.2) is 5.76 Å². The van der Waals surface area contributed by atoms with Crippen molar-refractivity contribution in [1.29, 1.82) is 0 Å². The Hall–Kier alpha value is -2.81. The molecule has 5 rings (SSSR count). The zero-order valence-electron chi connectivity index (χ0n) is 19.5. The minimum Gasteiger partial charge on any atom is -0.452 e. The van der Waals surface area contributed by atoms with Crippen LogP contribution in [0.5, 0.6) is 5.75 Å². The molecule has 0 amide bonds. The highest BCUT2D eigenvalue weighted by atomic mass is 32.1. The molecule has 7 nitrogen and oxygen atoms in total. The highest BCUT2D eigenvalue weighted by Crippen LogP contribution is 2.38. The van der Waals surface area contributed by atoms with Crippen LogP contribution in [0.25, 0.3) is 20.7 Å². The number of nitrogens with zero attached hydrogens (tertiary/aromatic N) is 3. The standard InChI is InChI=1S/C26H30N4O3S/c1-26(2,31)23-6-3-17(14-30-23)22-13-19-25(34-22)20(7-10-28-19)33-21(15-29-18-4-5-18)24(27)16-8-11-32-12-9-16/h3,6-7,10,13-16,18,31H,4-5,8-9,11-12,27H2,1-2H3. The monoisotopic (exact) mass is 478 g/mol. The highest BCUT2D eigenvalue weighted by Gasteiger charge is 2.23. The fraction of sp³-hybridized carbons (Fsp3) is 0.423. The number of ether oxygens (including phenoxy) is 2. The molecule has 0 radical (unpaired) electrons. The van der Waals surface area contributed by atoms with E-state index in [1.165, 1.54) is 0 Å². The van der Waals surface area contributed by atoms with Crippen LogP contribution in [0.4, 0.5) is 0 Å². The molecule has 0 spiro atoms.